The molecule has 0 fully saturated rings. The summed E-state index contributed by atoms with van der Waals surface area (Å²) < 4.78 is 5.18. The number of nitrogens with zero attached hydrogens (tertiary/aromatic N) is 2. The van der Waals surface area contributed by atoms with Crippen molar-refractivity contribution < 1.29 is 24.2 Å². The van der Waals surface area contributed by atoms with E-state index in [0.717, 1.165) is 16.0 Å². The fourth-order valence-corrected chi connectivity index (χ4v) is 3.33. The third-order valence-corrected chi connectivity index (χ3v) is 4.57. The zero-order chi connectivity index (χ0) is 25.6. The van der Waals surface area contributed by atoms with Crippen molar-refractivity contribution in [1.82, 2.24) is 15.5 Å². The van der Waals surface area contributed by atoms with Crippen molar-refractivity contribution in [2.45, 2.75) is 78.6 Å². The van der Waals surface area contributed by atoms with Crippen LogP contribution in [-0.4, -0.2) is 58.2 Å². The van der Waals surface area contributed by atoms with Gasteiger partial charge in [0.1, 0.15) is 24.2 Å². The first-order valence-electron chi connectivity index (χ1n) is 10.8. The van der Waals surface area contributed by atoms with Gasteiger partial charge in [-0.25, -0.2) is 4.79 Å². The molecule has 0 bridgehead atoms. The van der Waals surface area contributed by atoms with Gasteiger partial charge in [0.2, 0.25) is 11.8 Å². The second kappa shape index (κ2) is 11.1. The summed E-state index contributed by atoms with van der Waals surface area (Å²) in [6, 6.07) is 4.85. The van der Waals surface area contributed by atoms with Gasteiger partial charge in [-0.15, -0.1) is 0 Å². The minimum Gasteiger partial charge on any atom is -0.444 e. The predicted octanol–water partition coefficient (Wildman–Crippen LogP) is 2.50. The Morgan fingerprint density at radius 2 is 1.67 bits per heavy atom. The molecule has 0 spiro atoms. The molecule has 0 saturated carbocycles. The van der Waals surface area contributed by atoms with Gasteiger partial charge in [0.15, 0.2) is 0 Å². The topological polar surface area (TPSA) is 132 Å². The summed E-state index contributed by atoms with van der Waals surface area (Å²) in [5.74, 6) is -1.25. The van der Waals surface area contributed by atoms with Gasteiger partial charge in [0.25, 0.3) is 0 Å². The van der Waals surface area contributed by atoms with Crippen molar-refractivity contribution in [3.63, 3.8) is 0 Å². The number of aliphatic hydroxyl groups excluding tert-OH is 1. The van der Waals surface area contributed by atoms with Crippen LogP contribution in [-0.2, 0) is 14.3 Å². The van der Waals surface area contributed by atoms with E-state index in [1.165, 1.54) is 0 Å². The Balaban J connectivity index is 3.49. The molecule has 182 valence electrons. The maximum atomic E-state index is 13.4. The van der Waals surface area contributed by atoms with Crippen LogP contribution in [0.1, 0.15) is 64.3 Å². The number of hydrogen-bond acceptors (Lipinski definition) is 6. The highest BCUT2D eigenvalue weighted by molar-refractivity contribution is 5.93. The molecule has 3 N–H and O–H groups in total. The lowest BCUT2D eigenvalue weighted by atomic mass is 9.93. The summed E-state index contributed by atoms with van der Waals surface area (Å²) in [6.07, 6.45) is -0.894. The molecule has 0 aliphatic rings. The average Bonchev–Trinajstić information content (AvgIpc) is 2.64. The second-order valence-electron chi connectivity index (χ2n) is 9.95. The maximum Gasteiger partial charge on any atom is 0.408 e. The number of aryl methyl sites for hydroxylation is 2. The standard InChI is InChI=1S/C24H36N4O5/c1-15-10-9-11-16(2)18(15)19(20(30)27-23(3,4)5)28(13-12-25)21(31)17(14-29)26-22(32)33-24(6,7)8/h9-11,17,19,29H,13-14H2,1-8H3,(H,26,32)(H,27,30). The first-order chi connectivity index (χ1) is 15.1. The first-order valence-corrected chi connectivity index (χ1v) is 10.8. The summed E-state index contributed by atoms with van der Waals surface area (Å²) in [7, 11) is 0. The van der Waals surface area contributed by atoms with Gasteiger partial charge in [0.05, 0.1) is 12.7 Å². The van der Waals surface area contributed by atoms with E-state index in [4.69, 9.17) is 4.74 Å². The van der Waals surface area contributed by atoms with E-state index in [-0.39, 0.29) is 0 Å². The Morgan fingerprint density at radius 1 is 1.12 bits per heavy atom. The minimum absolute atomic E-state index is 0.429. The number of alkyl carbamates (subject to hydrolysis) is 1. The second-order valence-corrected chi connectivity index (χ2v) is 9.95. The van der Waals surface area contributed by atoms with E-state index < -0.39 is 54.3 Å². The molecule has 9 nitrogen and oxygen atoms in total. The molecule has 0 heterocycles. The number of aliphatic hydroxyl groups is 1. The van der Waals surface area contributed by atoms with Gasteiger partial charge < -0.3 is 25.4 Å². The maximum absolute atomic E-state index is 13.4. The molecular formula is C24H36N4O5. The van der Waals surface area contributed by atoms with Crippen LogP contribution in [0.5, 0.6) is 0 Å². The Hall–Kier alpha value is -3.12. The molecule has 0 aliphatic carbocycles. The third kappa shape index (κ3) is 8.39. The summed E-state index contributed by atoms with van der Waals surface area (Å²) in [5.41, 5.74) is 0.698. The van der Waals surface area contributed by atoms with Crippen molar-refractivity contribution in [1.29, 1.82) is 5.26 Å². The van der Waals surface area contributed by atoms with Crippen LogP contribution in [0.4, 0.5) is 4.79 Å². The van der Waals surface area contributed by atoms with Crippen LogP contribution in [0, 0.1) is 25.2 Å². The molecule has 0 saturated heterocycles. The number of nitriles is 1. The number of amides is 3. The van der Waals surface area contributed by atoms with E-state index in [9.17, 15) is 24.8 Å². The van der Waals surface area contributed by atoms with Crippen LogP contribution in [0.3, 0.4) is 0 Å². The molecule has 33 heavy (non-hydrogen) atoms. The van der Waals surface area contributed by atoms with Gasteiger partial charge in [-0.2, -0.15) is 5.26 Å². The van der Waals surface area contributed by atoms with Crippen molar-refractivity contribution in [2.75, 3.05) is 13.2 Å². The molecule has 2 atom stereocenters. The lowest BCUT2D eigenvalue weighted by Gasteiger charge is -2.35. The molecule has 3 amide bonds. The highest BCUT2D eigenvalue weighted by Crippen LogP contribution is 2.29. The lowest BCUT2D eigenvalue weighted by Crippen LogP contribution is -2.56. The van der Waals surface area contributed by atoms with E-state index in [1.54, 1.807) is 20.8 Å². The third-order valence-electron chi connectivity index (χ3n) is 4.57. The van der Waals surface area contributed by atoms with Crippen molar-refractivity contribution in [3.8, 4) is 6.07 Å². The molecule has 1 rings (SSSR count). The SMILES string of the molecule is Cc1cccc(C)c1C(C(=O)NC(C)(C)C)N(CC#N)C(=O)C(CO)NC(=O)OC(C)(C)C. The normalized spacial score (nSPS) is 13.3. The summed E-state index contributed by atoms with van der Waals surface area (Å²) >= 11 is 0. The fraction of sp³-hybridized carbons (Fsp3) is 0.583. The van der Waals surface area contributed by atoms with Crippen molar-refractivity contribution in [2.24, 2.45) is 0 Å². The van der Waals surface area contributed by atoms with E-state index >= 15 is 0 Å². The van der Waals surface area contributed by atoms with Crippen LogP contribution >= 0.6 is 0 Å². The molecule has 0 aliphatic heterocycles. The molecule has 9 heteroatoms. The molecule has 1 aromatic rings. The summed E-state index contributed by atoms with van der Waals surface area (Å²) in [5, 5.41) is 24.5. The van der Waals surface area contributed by atoms with E-state index in [1.807, 2.05) is 58.9 Å². The van der Waals surface area contributed by atoms with Crippen molar-refractivity contribution in [3.05, 3.63) is 34.9 Å². The average molecular weight is 461 g/mol. The van der Waals surface area contributed by atoms with Gasteiger partial charge in [0, 0.05) is 5.54 Å². The highest BCUT2D eigenvalue weighted by Gasteiger charge is 2.38. The Labute approximate surface area is 196 Å². The molecule has 1 aromatic carbocycles. The first kappa shape index (κ1) is 27.9. The zero-order valence-electron chi connectivity index (χ0n) is 20.8. The number of ether oxygens (including phenoxy) is 1. The predicted molar refractivity (Wildman–Crippen MR) is 124 cm³/mol. The van der Waals surface area contributed by atoms with Crippen LogP contribution in [0.25, 0.3) is 0 Å². The van der Waals surface area contributed by atoms with Crippen LogP contribution in [0.2, 0.25) is 0 Å². The minimum atomic E-state index is -1.40. The largest absolute Gasteiger partial charge is 0.444 e. The smallest absolute Gasteiger partial charge is 0.408 e. The number of nitrogens with one attached hydrogen (secondary N) is 2. The number of rotatable bonds is 7. The lowest BCUT2D eigenvalue weighted by molar-refractivity contribution is -0.143. The highest BCUT2D eigenvalue weighted by atomic mass is 16.6. The Bertz CT molecular complexity index is 889. The van der Waals surface area contributed by atoms with Crippen LogP contribution < -0.4 is 10.6 Å². The number of hydrogen-bond donors (Lipinski definition) is 3. The molecule has 2 unspecified atom stereocenters. The quantitative estimate of drug-likeness (QED) is 0.536. The van der Waals surface area contributed by atoms with Gasteiger partial charge >= 0.3 is 6.09 Å². The Kier molecular flexibility index (Phi) is 9.43. The van der Waals surface area contributed by atoms with Gasteiger partial charge in [-0.05, 0) is 72.1 Å². The van der Waals surface area contributed by atoms with Crippen LogP contribution in [0.15, 0.2) is 18.2 Å². The zero-order valence-corrected chi connectivity index (χ0v) is 20.8. The van der Waals surface area contributed by atoms with E-state index in [0.29, 0.717) is 5.56 Å². The fourth-order valence-electron chi connectivity index (χ4n) is 3.33. The molecular weight excluding hydrogens is 424 g/mol. The van der Waals surface area contributed by atoms with Gasteiger partial charge in [-0.1, -0.05) is 18.2 Å². The number of carbonyl (C=O) groups is 3. The molecule has 0 aromatic heterocycles. The number of carbonyl (C=O) groups excluding carboxylic acids is 3. The molecule has 0 radical (unpaired) electrons. The Morgan fingerprint density at radius 3 is 2.09 bits per heavy atom. The summed E-state index contributed by atoms with van der Waals surface area (Å²) in [6.45, 7) is 12.9. The van der Waals surface area contributed by atoms with Gasteiger partial charge in [-0.3, -0.25) is 9.59 Å². The van der Waals surface area contributed by atoms with E-state index in [2.05, 4.69) is 10.6 Å². The monoisotopic (exact) mass is 460 g/mol. The van der Waals surface area contributed by atoms with Crippen molar-refractivity contribution >= 4 is 17.9 Å². The number of benzene rings is 1. The summed E-state index contributed by atoms with van der Waals surface area (Å²) in [4.78, 5) is 40.2.